The molecule has 2 rings (SSSR count). The molecular formula is C16H15BrN2O2. The van der Waals surface area contributed by atoms with Crippen LogP contribution in [0.5, 0.6) is 5.75 Å². The maximum absolute atomic E-state index is 11.6. The highest BCUT2D eigenvalue weighted by Gasteiger charge is 2.01. The van der Waals surface area contributed by atoms with E-state index in [2.05, 4.69) is 26.5 Å². The van der Waals surface area contributed by atoms with Gasteiger partial charge < -0.3 is 4.74 Å². The van der Waals surface area contributed by atoms with Crippen molar-refractivity contribution in [2.75, 3.05) is 6.61 Å². The molecule has 1 N–H and O–H groups in total. The molecule has 0 aliphatic carbocycles. The molecule has 0 aliphatic heterocycles. The SMILES string of the molecule is Cc1cccc(OCC(=O)N/N=C/c2ccccc2Br)c1. The number of amides is 1. The van der Waals surface area contributed by atoms with Crippen molar-refractivity contribution in [3.63, 3.8) is 0 Å². The van der Waals surface area contributed by atoms with E-state index in [4.69, 9.17) is 4.74 Å². The van der Waals surface area contributed by atoms with Crippen LogP contribution in [0.2, 0.25) is 0 Å². The van der Waals surface area contributed by atoms with Gasteiger partial charge in [0.2, 0.25) is 0 Å². The lowest BCUT2D eigenvalue weighted by Gasteiger charge is -2.05. The Kier molecular flexibility index (Phi) is 5.51. The van der Waals surface area contributed by atoms with Gasteiger partial charge in [-0.05, 0) is 30.7 Å². The van der Waals surface area contributed by atoms with Gasteiger partial charge in [0.1, 0.15) is 5.75 Å². The fourth-order valence-corrected chi connectivity index (χ4v) is 2.03. The van der Waals surface area contributed by atoms with Gasteiger partial charge in [-0.15, -0.1) is 0 Å². The predicted octanol–water partition coefficient (Wildman–Crippen LogP) is 3.29. The van der Waals surface area contributed by atoms with Crippen molar-refractivity contribution < 1.29 is 9.53 Å². The van der Waals surface area contributed by atoms with Crippen LogP contribution in [-0.2, 0) is 4.79 Å². The zero-order chi connectivity index (χ0) is 15.1. The highest BCUT2D eigenvalue weighted by atomic mass is 79.9. The highest BCUT2D eigenvalue weighted by Crippen LogP contribution is 2.13. The Morgan fingerprint density at radius 3 is 2.86 bits per heavy atom. The van der Waals surface area contributed by atoms with Crippen LogP contribution >= 0.6 is 15.9 Å². The molecule has 0 saturated heterocycles. The van der Waals surface area contributed by atoms with Gasteiger partial charge in [0.15, 0.2) is 6.61 Å². The van der Waals surface area contributed by atoms with E-state index in [0.29, 0.717) is 5.75 Å². The number of hydrogen-bond donors (Lipinski definition) is 1. The van der Waals surface area contributed by atoms with E-state index >= 15 is 0 Å². The number of nitrogens with one attached hydrogen (secondary N) is 1. The Bertz CT molecular complexity index is 656. The summed E-state index contributed by atoms with van der Waals surface area (Å²) in [4.78, 5) is 11.6. The van der Waals surface area contributed by atoms with Crippen LogP contribution in [-0.4, -0.2) is 18.7 Å². The van der Waals surface area contributed by atoms with E-state index in [0.717, 1.165) is 15.6 Å². The van der Waals surface area contributed by atoms with Crippen molar-refractivity contribution in [1.82, 2.24) is 5.43 Å². The van der Waals surface area contributed by atoms with Gasteiger partial charge >= 0.3 is 0 Å². The van der Waals surface area contributed by atoms with Gasteiger partial charge in [-0.2, -0.15) is 5.10 Å². The fraction of sp³-hybridized carbons (Fsp3) is 0.125. The molecule has 0 bridgehead atoms. The number of carbonyl (C=O) groups is 1. The molecule has 0 spiro atoms. The molecule has 1 amide bonds. The Morgan fingerprint density at radius 2 is 2.10 bits per heavy atom. The molecule has 0 aliphatic rings. The van der Waals surface area contributed by atoms with Crippen molar-refractivity contribution in [2.24, 2.45) is 5.10 Å². The molecule has 0 heterocycles. The maximum Gasteiger partial charge on any atom is 0.277 e. The molecule has 2 aromatic rings. The van der Waals surface area contributed by atoms with Crippen LogP contribution in [0.4, 0.5) is 0 Å². The second-order valence-corrected chi connectivity index (χ2v) is 5.27. The fourth-order valence-electron chi connectivity index (χ4n) is 1.64. The summed E-state index contributed by atoms with van der Waals surface area (Å²) >= 11 is 3.40. The average molecular weight is 347 g/mol. The summed E-state index contributed by atoms with van der Waals surface area (Å²) in [5.41, 5.74) is 4.40. The molecule has 0 fully saturated rings. The van der Waals surface area contributed by atoms with Crippen molar-refractivity contribution >= 4 is 28.1 Å². The van der Waals surface area contributed by atoms with E-state index in [1.807, 2.05) is 55.5 Å². The summed E-state index contributed by atoms with van der Waals surface area (Å²) in [5, 5.41) is 3.90. The molecule has 0 atom stereocenters. The third-order valence-corrected chi connectivity index (χ3v) is 3.38. The van der Waals surface area contributed by atoms with Crippen molar-refractivity contribution in [2.45, 2.75) is 6.92 Å². The van der Waals surface area contributed by atoms with Gasteiger partial charge in [0, 0.05) is 10.0 Å². The molecule has 4 nitrogen and oxygen atoms in total. The Labute approximate surface area is 132 Å². The Balaban J connectivity index is 1.81. The minimum absolute atomic E-state index is 0.0727. The van der Waals surface area contributed by atoms with E-state index in [1.54, 1.807) is 6.21 Å². The van der Waals surface area contributed by atoms with Crippen molar-refractivity contribution in [1.29, 1.82) is 0 Å². The zero-order valence-corrected chi connectivity index (χ0v) is 13.1. The monoisotopic (exact) mass is 346 g/mol. The normalized spacial score (nSPS) is 10.6. The van der Waals surface area contributed by atoms with Crippen LogP contribution in [0.25, 0.3) is 0 Å². The van der Waals surface area contributed by atoms with E-state index in [9.17, 15) is 4.79 Å². The lowest BCUT2D eigenvalue weighted by atomic mass is 10.2. The summed E-state index contributed by atoms with van der Waals surface area (Å²) in [5.74, 6) is 0.361. The second kappa shape index (κ2) is 7.59. The minimum Gasteiger partial charge on any atom is -0.484 e. The molecule has 0 aromatic heterocycles. The molecule has 5 heteroatoms. The number of hydrogen-bond acceptors (Lipinski definition) is 3. The van der Waals surface area contributed by atoms with Crippen molar-refractivity contribution in [3.05, 3.63) is 64.1 Å². The first-order chi connectivity index (χ1) is 10.1. The Morgan fingerprint density at radius 1 is 1.29 bits per heavy atom. The third-order valence-electron chi connectivity index (χ3n) is 2.66. The lowest BCUT2D eigenvalue weighted by molar-refractivity contribution is -0.123. The number of rotatable bonds is 5. The molecule has 0 radical (unpaired) electrons. The molecule has 108 valence electrons. The smallest absolute Gasteiger partial charge is 0.277 e. The first-order valence-electron chi connectivity index (χ1n) is 6.41. The first kappa shape index (κ1) is 15.3. The van der Waals surface area contributed by atoms with Crippen LogP contribution in [0.15, 0.2) is 58.1 Å². The topological polar surface area (TPSA) is 50.7 Å². The van der Waals surface area contributed by atoms with E-state index < -0.39 is 0 Å². The standard InChI is InChI=1S/C16H15BrN2O2/c1-12-5-4-7-14(9-12)21-11-16(20)19-18-10-13-6-2-3-8-15(13)17/h2-10H,11H2,1H3,(H,19,20)/b18-10+. The zero-order valence-electron chi connectivity index (χ0n) is 11.5. The first-order valence-corrected chi connectivity index (χ1v) is 7.20. The second-order valence-electron chi connectivity index (χ2n) is 4.42. The molecule has 2 aromatic carbocycles. The van der Waals surface area contributed by atoms with Gasteiger partial charge in [0.05, 0.1) is 6.21 Å². The predicted molar refractivity (Wildman–Crippen MR) is 86.6 cm³/mol. The number of ether oxygens (including phenoxy) is 1. The summed E-state index contributed by atoms with van der Waals surface area (Å²) in [6.07, 6.45) is 1.58. The number of hydrazone groups is 1. The Hall–Kier alpha value is -2.14. The van der Waals surface area contributed by atoms with E-state index in [-0.39, 0.29) is 12.5 Å². The number of benzene rings is 2. The summed E-state index contributed by atoms with van der Waals surface area (Å²) < 4.78 is 6.30. The number of halogens is 1. The highest BCUT2D eigenvalue weighted by molar-refractivity contribution is 9.10. The quantitative estimate of drug-likeness (QED) is 0.667. The van der Waals surface area contributed by atoms with Crippen LogP contribution in [0, 0.1) is 6.92 Å². The van der Waals surface area contributed by atoms with Crippen LogP contribution in [0.1, 0.15) is 11.1 Å². The number of nitrogens with zero attached hydrogens (tertiary/aromatic N) is 1. The molecule has 21 heavy (non-hydrogen) atoms. The largest absolute Gasteiger partial charge is 0.484 e. The van der Waals surface area contributed by atoms with E-state index in [1.165, 1.54) is 0 Å². The van der Waals surface area contributed by atoms with Gasteiger partial charge in [0.25, 0.3) is 5.91 Å². The van der Waals surface area contributed by atoms with Gasteiger partial charge in [-0.25, -0.2) is 5.43 Å². The molecule has 0 saturated carbocycles. The summed E-state index contributed by atoms with van der Waals surface area (Å²) in [6, 6.07) is 15.1. The number of carbonyl (C=O) groups excluding carboxylic acids is 1. The summed E-state index contributed by atoms with van der Waals surface area (Å²) in [7, 11) is 0. The summed E-state index contributed by atoms with van der Waals surface area (Å²) in [6.45, 7) is 1.89. The minimum atomic E-state index is -0.306. The van der Waals surface area contributed by atoms with Crippen LogP contribution in [0.3, 0.4) is 0 Å². The van der Waals surface area contributed by atoms with Gasteiger partial charge in [-0.1, -0.05) is 46.3 Å². The average Bonchev–Trinajstić information content (AvgIpc) is 2.47. The maximum atomic E-state index is 11.6. The molecule has 0 unspecified atom stereocenters. The van der Waals surface area contributed by atoms with Crippen molar-refractivity contribution in [3.8, 4) is 5.75 Å². The third kappa shape index (κ3) is 5.04. The lowest BCUT2D eigenvalue weighted by Crippen LogP contribution is -2.24. The molecular weight excluding hydrogens is 332 g/mol. The number of aryl methyl sites for hydroxylation is 1. The van der Waals surface area contributed by atoms with Crippen LogP contribution < -0.4 is 10.2 Å². The van der Waals surface area contributed by atoms with Gasteiger partial charge in [-0.3, -0.25) is 4.79 Å².